The van der Waals surface area contributed by atoms with Crippen LogP contribution < -0.4 is 14.8 Å². The highest BCUT2D eigenvalue weighted by Gasteiger charge is 2.31. The number of sulfonamides is 1. The number of ether oxygens (including phenoxy) is 1. The van der Waals surface area contributed by atoms with E-state index in [1.165, 1.54) is 19.1 Å². The summed E-state index contributed by atoms with van der Waals surface area (Å²) in [5.41, 5.74) is -0.0257. The van der Waals surface area contributed by atoms with Gasteiger partial charge in [0.2, 0.25) is 5.91 Å². The zero-order chi connectivity index (χ0) is 28.8. The maximum atomic E-state index is 15.1. The third kappa shape index (κ3) is 7.95. The molecular formula is C28H30F4N2O4S. The third-order valence-corrected chi connectivity index (χ3v) is 7.32. The van der Waals surface area contributed by atoms with Crippen molar-refractivity contribution in [1.82, 2.24) is 5.32 Å². The Kier molecular flexibility index (Phi) is 9.60. The van der Waals surface area contributed by atoms with Gasteiger partial charge in [-0.3, -0.25) is 9.52 Å². The Morgan fingerprint density at radius 2 is 1.85 bits per heavy atom. The van der Waals surface area contributed by atoms with Gasteiger partial charge in [-0.05, 0) is 61.6 Å². The first-order valence-corrected chi connectivity index (χ1v) is 13.9. The van der Waals surface area contributed by atoms with Crippen molar-refractivity contribution in [3.63, 3.8) is 0 Å². The van der Waals surface area contributed by atoms with Crippen molar-refractivity contribution in [2.24, 2.45) is 5.92 Å². The molecule has 0 radical (unpaired) electrons. The van der Waals surface area contributed by atoms with Crippen LogP contribution in [0, 0.1) is 11.7 Å². The Labute approximate surface area is 225 Å². The Bertz CT molecular complexity index is 1410. The van der Waals surface area contributed by atoms with Gasteiger partial charge in [0, 0.05) is 24.3 Å². The van der Waals surface area contributed by atoms with E-state index >= 15 is 4.39 Å². The number of halogens is 4. The quantitative estimate of drug-likeness (QED) is 0.301. The number of benzene rings is 2. The normalized spacial score (nSPS) is 16.0. The molecule has 2 aromatic carbocycles. The van der Waals surface area contributed by atoms with E-state index in [1.54, 1.807) is 6.08 Å². The summed E-state index contributed by atoms with van der Waals surface area (Å²) < 4.78 is 87.5. The number of unbranched alkanes of at least 4 members (excludes halogenated alkanes) is 1. The topological polar surface area (TPSA) is 84.5 Å². The second kappa shape index (κ2) is 12.5. The van der Waals surface area contributed by atoms with Crippen molar-refractivity contribution in [3.8, 4) is 5.75 Å². The van der Waals surface area contributed by atoms with Crippen LogP contribution in [-0.2, 0) is 21.0 Å². The fourth-order valence-electron chi connectivity index (χ4n) is 3.90. The Morgan fingerprint density at radius 3 is 2.46 bits per heavy atom. The largest absolute Gasteiger partial charge is 0.454 e. The number of allylic oxidation sites excluding steroid dienone is 4. The smallest absolute Gasteiger partial charge is 0.416 e. The summed E-state index contributed by atoms with van der Waals surface area (Å²) in [4.78, 5) is 11.3. The molecule has 39 heavy (non-hydrogen) atoms. The molecule has 1 amide bonds. The van der Waals surface area contributed by atoms with E-state index in [-0.39, 0.29) is 23.3 Å². The summed E-state index contributed by atoms with van der Waals surface area (Å²) >= 11 is 0. The number of hydrogen-bond donors (Lipinski definition) is 2. The van der Waals surface area contributed by atoms with E-state index < -0.39 is 32.5 Å². The summed E-state index contributed by atoms with van der Waals surface area (Å²) in [5, 5.41) is 2.84. The van der Waals surface area contributed by atoms with Crippen LogP contribution in [0.5, 0.6) is 5.75 Å². The molecule has 2 N–H and O–H groups in total. The summed E-state index contributed by atoms with van der Waals surface area (Å²) in [7, 11) is -4.43. The Balaban J connectivity index is 1.91. The van der Waals surface area contributed by atoms with E-state index in [1.807, 2.05) is 26.0 Å². The van der Waals surface area contributed by atoms with Gasteiger partial charge in [0.25, 0.3) is 10.0 Å². The lowest BCUT2D eigenvalue weighted by Gasteiger charge is -2.17. The summed E-state index contributed by atoms with van der Waals surface area (Å²) in [6.07, 6.45) is 3.84. The molecule has 1 atom stereocenters. The molecule has 0 spiro atoms. The highest BCUT2D eigenvalue weighted by molar-refractivity contribution is 7.92. The van der Waals surface area contributed by atoms with Gasteiger partial charge in [-0.2, -0.15) is 13.2 Å². The minimum absolute atomic E-state index is 0.0158. The van der Waals surface area contributed by atoms with Crippen molar-refractivity contribution < 1.29 is 35.5 Å². The first-order valence-electron chi connectivity index (χ1n) is 12.4. The van der Waals surface area contributed by atoms with Crippen molar-refractivity contribution in [2.45, 2.75) is 57.5 Å². The predicted octanol–water partition coefficient (Wildman–Crippen LogP) is 7.08. The molecule has 2 aromatic rings. The van der Waals surface area contributed by atoms with Crippen LogP contribution in [0.15, 0.2) is 82.6 Å². The molecule has 0 saturated heterocycles. The number of hydrogen-bond acceptors (Lipinski definition) is 4. The molecule has 0 heterocycles. The van der Waals surface area contributed by atoms with Gasteiger partial charge in [-0.15, -0.1) is 0 Å². The van der Waals surface area contributed by atoms with Crippen LogP contribution in [0.4, 0.5) is 23.2 Å². The number of alkyl halides is 3. The number of nitrogens with one attached hydrogen (secondary N) is 2. The molecule has 3 rings (SSSR count). The highest BCUT2D eigenvalue weighted by atomic mass is 32.2. The average molecular weight is 567 g/mol. The SMILES string of the molecule is CCCCC1=C(Oc2ccc(NS(=O)(=O)c3cccc(C(F)(F)F)c3)cc2F)C=CC(CC)C=C1NC(C)=O. The molecular weight excluding hydrogens is 536 g/mol. The minimum Gasteiger partial charge on any atom is -0.454 e. The first-order chi connectivity index (χ1) is 18.3. The lowest BCUT2D eigenvalue weighted by molar-refractivity contribution is -0.137. The number of carbonyl (C=O) groups is 1. The Hall–Kier alpha value is -3.60. The van der Waals surface area contributed by atoms with Crippen LogP contribution >= 0.6 is 0 Å². The second-order valence-corrected chi connectivity index (χ2v) is 10.7. The van der Waals surface area contributed by atoms with Gasteiger partial charge in [-0.1, -0.05) is 38.5 Å². The maximum Gasteiger partial charge on any atom is 0.416 e. The number of amides is 1. The number of anilines is 1. The summed E-state index contributed by atoms with van der Waals surface area (Å²) in [5.74, 6) is -0.980. The molecule has 210 valence electrons. The van der Waals surface area contributed by atoms with E-state index in [4.69, 9.17) is 4.74 Å². The second-order valence-electron chi connectivity index (χ2n) is 9.02. The maximum absolute atomic E-state index is 15.1. The molecule has 6 nitrogen and oxygen atoms in total. The fraction of sp³-hybridized carbons (Fsp3) is 0.321. The molecule has 1 aliphatic rings. The van der Waals surface area contributed by atoms with Crippen LogP contribution in [0.3, 0.4) is 0 Å². The third-order valence-electron chi connectivity index (χ3n) is 5.94. The van der Waals surface area contributed by atoms with Crippen LogP contribution in [0.2, 0.25) is 0 Å². The van der Waals surface area contributed by atoms with Crippen LogP contribution in [0.1, 0.15) is 52.0 Å². The van der Waals surface area contributed by atoms with E-state index in [0.717, 1.165) is 43.5 Å². The molecule has 1 unspecified atom stereocenters. The van der Waals surface area contributed by atoms with Crippen molar-refractivity contribution in [2.75, 3.05) is 4.72 Å². The minimum atomic E-state index is -4.72. The molecule has 11 heteroatoms. The summed E-state index contributed by atoms with van der Waals surface area (Å²) in [6, 6.07) is 6.60. The van der Waals surface area contributed by atoms with Gasteiger partial charge >= 0.3 is 6.18 Å². The predicted molar refractivity (Wildman–Crippen MR) is 141 cm³/mol. The Morgan fingerprint density at radius 1 is 1.10 bits per heavy atom. The van der Waals surface area contributed by atoms with Crippen molar-refractivity contribution in [1.29, 1.82) is 0 Å². The number of carbonyl (C=O) groups excluding carboxylic acids is 1. The van der Waals surface area contributed by atoms with Gasteiger partial charge in [0.05, 0.1) is 16.1 Å². The monoisotopic (exact) mass is 566 g/mol. The average Bonchev–Trinajstić information content (AvgIpc) is 3.02. The van der Waals surface area contributed by atoms with Gasteiger partial charge in [0.15, 0.2) is 11.6 Å². The van der Waals surface area contributed by atoms with Crippen LogP contribution in [-0.4, -0.2) is 14.3 Å². The van der Waals surface area contributed by atoms with E-state index in [9.17, 15) is 26.4 Å². The summed E-state index contributed by atoms with van der Waals surface area (Å²) in [6.45, 7) is 5.41. The van der Waals surface area contributed by atoms with Gasteiger partial charge < -0.3 is 10.1 Å². The van der Waals surface area contributed by atoms with E-state index in [2.05, 4.69) is 10.0 Å². The van der Waals surface area contributed by atoms with Crippen LogP contribution in [0.25, 0.3) is 0 Å². The standard InChI is InChI=1S/C28H30F4N2O4S/c1-4-6-10-23-25(33-18(3)35)15-19(5-2)11-13-26(23)38-27-14-12-21(17-24(27)29)34-39(36,37)22-9-7-8-20(16-22)28(30,31)32/h7-9,11-17,19,34H,4-6,10H2,1-3H3,(H,33,35). The molecule has 0 saturated carbocycles. The lowest BCUT2D eigenvalue weighted by atomic mass is 10.0. The zero-order valence-electron chi connectivity index (χ0n) is 21.7. The molecule has 0 bridgehead atoms. The molecule has 0 aromatic heterocycles. The zero-order valence-corrected chi connectivity index (χ0v) is 22.5. The molecule has 0 aliphatic heterocycles. The number of rotatable bonds is 10. The highest BCUT2D eigenvalue weighted by Crippen LogP contribution is 2.33. The van der Waals surface area contributed by atoms with E-state index in [0.29, 0.717) is 29.5 Å². The van der Waals surface area contributed by atoms with Crippen molar-refractivity contribution >= 4 is 21.6 Å². The first kappa shape index (κ1) is 29.9. The lowest BCUT2D eigenvalue weighted by Crippen LogP contribution is -2.22. The van der Waals surface area contributed by atoms with Crippen molar-refractivity contribution in [3.05, 3.63) is 89.1 Å². The van der Waals surface area contributed by atoms with Gasteiger partial charge in [-0.25, -0.2) is 12.8 Å². The molecule has 1 aliphatic carbocycles. The fourth-order valence-corrected chi connectivity index (χ4v) is 5.00. The van der Waals surface area contributed by atoms with Gasteiger partial charge in [0.1, 0.15) is 5.76 Å². The molecule has 0 fully saturated rings.